The molecule has 0 bridgehead atoms. The molecule has 2 aromatic rings. The Morgan fingerprint density at radius 1 is 1.23 bits per heavy atom. The molecule has 1 aliphatic carbocycles. The lowest BCUT2D eigenvalue weighted by Crippen LogP contribution is -2.18. The summed E-state index contributed by atoms with van der Waals surface area (Å²) in [5.74, 6) is -0.187. The summed E-state index contributed by atoms with van der Waals surface area (Å²) < 4.78 is 1.80. The van der Waals surface area contributed by atoms with Crippen molar-refractivity contribution in [3.63, 3.8) is 0 Å². The van der Waals surface area contributed by atoms with Gasteiger partial charge in [-0.2, -0.15) is 5.10 Å². The van der Waals surface area contributed by atoms with Crippen LogP contribution in [0.1, 0.15) is 46.6 Å². The molecule has 2 N–H and O–H groups in total. The number of carbonyl (C=O) groups excluding carboxylic acids is 2. The van der Waals surface area contributed by atoms with Crippen molar-refractivity contribution in [1.29, 1.82) is 0 Å². The average molecular weight is 297 g/mol. The van der Waals surface area contributed by atoms with E-state index in [0.29, 0.717) is 19.4 Å². The minimum atomic E-state index is -0.351. The first-order chi connectivity index (χ1) is 10.6. The highest BCUT2D eigenvalue weighted by Gasteiger charge is 2.26. The summed E-state index contributed by atoms with van der Waals surface area (Å²) in [5, 5.41) is 4.60. The lowest BCUT2D eigenvalue weighted by molar-refractivity contribution is -0.118. The Kier molecular flexibility index (Phi) is 4.04. The summed E-state index contributed by atoms with van der Waals surface area (Å²) in [5.41, 5.74) is 8.90. The SMILES string of the molecule is NC(=O)CCn1nc(Cc2ccccc2)c2c1CCCC2=O. The second kappa shape index (κ2) is 6.13. The van der Waals surface area contributed by atoms with Crippen molar-refractivity contribution < 1.29 is 9.59 Å². The van der Waals surface area contributed by atoms with Crippen molar-refractivity contribution in [2.75, 3.05) is 0 Å². The summed E-state index contributed by atoms with van der Waals surface area (Å²) in [6.07, 6.45) is 3.14. The normalized spacial score (nSPS) is 13.9. The summed E-state index contributed by atoms with van der Waals surface area (Å²) >= 11 is 0. The number of Topliss-reactive ketones (excluding diaryl/α,β-unsaturated/α-hetero) is 1. The number of primary amides is 1. The van der Waals surface area contributed by atoms with Gasteiger partial charge >= 0.3 is 0 Å². The molecule has 1 heterocycles. The predicted molar refractivity (Wildman–Crippen MR) is 82.6 cm³/mol. The number of fused-ring (bicyclic) bond motifs is 1. The van der Waals surface area contributed by atoms with E-state index in [2.05, 4.69) is 5.10 Å². The van der Waals surface area contributed by atoms with Gasteiger partial charge in [-0.15, -0.1) is 0 Å². The highest BCUT2D eigenvalue weighted by molar-refractivity contribution is 5.99. The number of rotatable bonds is 5. The van der Waals surface area contributed by atoms with Gasteiger partial charge in [-0.1, -0.05) is 30.3 Å². The van der Waals surface area contributed by atoms with Crippen LogP contribution in [0.15, 0.2) is 30.3 Å². The molecular formula is C17H19N3O2. The van der Waals surface area contributed by atoms with Crippen molar-refractivity contribution >= 4 is 11.7 Å². The topological polar surface area (TPSA) is 78.0 Å². The van der Waals surface area contributed by atoms with Gasteiger partial charge in [0, 0.05) is 31.5 Å². The quantitative estimate of drug-likeness (QED) is 0.915. The van der Waals surface area contributed by atoms with E-state index >= 15 is 0 Å². The maximum Gasteiger partial charge on any atom is 0.219 e. The minimum absolute atomic E-state index is 0.164. The van der Waals surface area contributed by atoms with Crippen LogP contribution in [0.5, 0.6) is 0 Å². The summed E-state index contributed by atoms with van der Waals surface area (Å²) in [4.78, 5) is 23.3. The van der Waals surface area contributed by atoms with E-state index in [4.69, 9.17) is 5.73 Å². The maximum atomic E-state index is 12.3. The molecule has 1 aromatic heterocycles. The third-order valence-corrected chi connectivity index (χ3v) is 4.01. The fraction of sp³-hybridized carbons (Fsp3) is 0.353. The van der Waals surface area contributed by atoms with Gasteiger partial charge in [0.2, 0.25) is 5.91 Å². The standard InChI is InChI=1S/C17H19N3O2/c18-16(22)9-10-20-14-7-4-8-15(21)17(14)13(19-20)11-12-5-2-1-3-6-12/h1-3,5-6H,4,7-11H2,(H2,18,22). The molecule has 0 aliphatic heterocycles. The molecule has 5 heteroatoms. The summed E-state index contributed by atoms with van der Waals surface area (Å²) in [6.45, 7) is 0.444. The molecular weight excluding hydrogens is 278 g/mol. The average Bonchev–Trinajstić information content (AvgIpc) is 2.85. The van der Waals surface area contributed by atoms with Crippen LogP contribution >= 0.6 is 0 Å². The molecule has 0 saturated carbocycles. The van der Waals surface area contributed by atoms with Crippen LogP contribution in [-0.4, -0.2) is 21.5 Å². The lowest BCUT2D eigenvalue weighted by Gasteiger charge is -2.13. The Morgan fingerprint density at radius 3 is 2.73 bits per heavy atom. The van der Waals surface area contributed by atoms with Crippen molar-refractivity contribution in [2.24, 2.45) is 5.73 Å². The second-order valence-corrected chi connectivity index (χ2v) is 5.65. The van der Waals surface area contributed by atoms with Crippen LogP contribution in [0.25, 0.3) is 0 Å². The van der Waals surface area contributed by atoms with Gasteiger partial charge in [0.05, 0.1) is 11.3 Å². The zero-order chi connectivity index (χ0) is 15.5. The first-order valence-corrected chi connectivity index (χ1v) is 7.59. The van der Waals surface area contributed by atoms with E-state index < -0.39 is 0 Å². The van der Waals surface area contributed by atoms with Gasteiger partial charge in [0.1, 0.15) is 0 Å². The van der Waals surface area contributed by atoms with Crippen LogP contribution < -0.4 is 5.73 Å². The Morgan fingerprint density at radius 2 is 2.00 bits per heavy atom. The molecule has 0 fully saturated rings. The number of benzene rings is 1. The number of carbonyl (C=O) groups is 2. The van der Waals surface area contributed by atoms with Crippen LogP contribution in [-0.2, 0) is 24.2 Å². The number of aromatic nitrogens is 2. The smallest absolute Gasteiger partial charge is 0.219 e. The van der Waals surface area contributed by atoms with Gasteiger partial charge < -0.3 is 5.73 Å². The van der Waals surface area contributed by atoms with Crippen LogP contribution in [0.4, 0.5) is 0 Å². The molecule has 0 spiro atoms. The number of hydrogen-bond donors (Lipinski definition) is 1. The number of ketones is 1. The number of nitrogens with zero attached hydrogens (tertiary/aromatic N) is 2. The Labute approximate surface area is 129 Å². The van der Waals surface area contributed by atoms with E-state index in [1.807, 2.05) is 30.3 Å². The van der Waals surface area contributed by atoms with E-state index in [-0.39, 0.29) is 18.1 Å². The fourth-order valence-electron chi connectivity index (χ4n) is 2.98. The number of hydrogen-bond acceptors (Lipinski definition) is 3. The largest absolute Gasteiger partial charge is 0.370 e. The van der Waals surface area contributed by atoms with E-state index in [1.54, 1.807) is 4.68 Å². The van der Waals surface area contributed by atoms with Crippen LogP contribution in [0, 0.1) is 0 Å². The highest BCUT2D eigenvalue weighted by Crippen LogP contribution is 2.26. The van der Waals surface area contributed by atoms with Crippen molar-refractivity contribution in [1.82, 2.24) is 9.78 Å². The zero-order valence-electron chi connectivity index (χ0n) is 12.4. The molecule has 0 saturated heterocycles. The fourth-order valence-corrected chi connectivity index (χ4v) is 2.98. The summed E-state index contributed by atoms with van der Waals surface area (Å²) in [7, 11) is 0. The number of amides is 1. The van der Waals surface area contributed by atoms with E-state index in [1.165, 1.54) is 0 Å². The van der Waals surface area contributed by atoms with E-state index in [9.17, 15) is 9.59 Å². The molecule has 1 amide bonds. The first kappa shape index (κ1) is 14.5. The van der Waals surface area contributed by atoms with Gasteiger partial charge in [-0.3, -0.25) is 14.3 Å². The minimum Gasteiger partial charge on any atom is -0.370 e. The molecule has 1 aromatic carbocycles. The van der Waals surface area contributed by atoms with Gasteiger partial charge in [-0.25, -0.2) is 0 Å². The number of aryl methyl sites for hydroxylation is 1. The molecule has 0 unspecified atom stereocenters. The lowest BCUT2D eigenvalue weighted by atomic mass is 9.92. The maximum absolute atomic E-state index is 12.3. The van der Waals surface area contributed by atoms with Gasteiger partial charge in [0.15, 0.2) is 5.78 Å². The Hall–Kier alpha value is -2.43. The van der Waals surface area contributed by atoms with Gasteiger partial charge in [-0.05, 0) is 18.4 Å². The van der Waals surface area contributed by atoms with Crippen LogP contribution in [0.3, 0.4) is 0 Å². The van der Waals surface area contributed by atoms with E-state index in [0.717, 1.165) is 35.4 Å². The Bertz CT molecular complexity index is 704. The highest BCUT2D eigenvalue weighted by atomic mass is 16.1. The third-order valence-electron chi connectivity index (χ3n) is 4.01. The molecule has 1 aliphatic rings. The van der Waals surface area contributed by atoms with Gasteiger partial charge in [0.25, 0.3) is 0 Å². The molecule has 5 nitrogen and oxygen atoms in total. The molecule has 3 rings (SSSR count). The first-order valence-electron chi connectivity index (χ1n) is 7.59. The monoisotopic (exact) mass is 297 g/mol. The molecule has 114 valence electrons. The molecule has 0 radical (unpaired) electrons. The second-order valence-electron chi connectivity index (χ2n) is 5.65. The molecule has 22 heavy (non-hydrogen) atoms. The zero-order valence-corrected chi connectivity index (χ0v) is 12.4. The van der Waals surface area contributed by atoms with Crippen LogP contribution in [0.2, 0.25) is 0 Å². The number of nitrogens with two attached hydrogens (primary N) is 1. The summed E-state index contributed by atoms with van der Waals surface area (Å²) in [6, 6.07) is 9.99. The van der Waals surface area contributed by atoms with Crippen molar-refractivity contribution in [3.8, 4) is 0 Å². The van der Waals surface area contributed by atoms with Crippen molar-refractivity contribution in [3.05, 3.63) is 52.8 Å². The third kappa shape index (κ3) is 2.93. The predicted octanol–water partition coefficient (Wildman–Crippen LogP) is 1.87. The molecule has 0 atom stereocenters. The Balaban J connectivity index is 1.95. The van der Waals surface area contributed by atoms with Crippen molar-refractivity contribution in [2.45, 2.75) is 38.6 Å².